The van der Waals surface area contributed by atoms with Crippen molar-refractivity contribution >= 4 is 11.8 Å². The number of nitrogens with zero attached hydrogens (tertiary/aromatic N) is 3. The third kappa shape index (κ3) is 3.29. The van der Waals surface area contributed by atoms with Crippen LogP contribution in [0.25, 0.3) is 0 Å². The second-order valence-electron chi connectivity index (χ2n) is 9.29. The molecule has 6 heteroatoms. The van der Waals surface area contributed by atoms with E-state index in [9.17, 15) is 14.4 Å². The van der Waals surface area contributed by atoms with Gasteiger partial charge in [0.05, 0.1) is 5.92 Å². The van der Waals surface area contributed by atoms with Crippen LogP contribution in [-0.2, 0) is 17.3 Å². The van der Waals surface area contributed by atoms with E-state index < -0.39 is 0 Å². The third-order valence-corrected chi connectivity index (χ3v) is 7.58. The molecule has 2 fully saturated rings. The molecule has 1 spiro atoms. The predicted octanol–water partition coefficient (Wildman–Crippen LogP) is 2.67. The van der Waals surface area contributed by atoms with Gasteiger partial charge in [-0.2, -0.15) is 0 Å². The highest BCUT2D eigenvalue weighted by molar-refractivity contribution is 5.94. The Kier molecular flexibility index (Phi) is 4.95. The van der Waals surface area contributed by atoms with Gasteiger partial charge in [0, 0.05) is 44.8 Å². The summed E-state index contributed by atoms with van der Waals surface area (Å²) in [6.45, 7) is 2.96. The van der Waals surface area contributed by atoms with E-state index in [1.54, 1.807) is 30.3 Å². The van der Waals surface area contributed by atoms with Crippen molar-refractivity contribution in [3.05, 3.63) is 69.6 Å². The van der Waals surface area contributed by atoms with Crippen molar-refractivity contribution in [3.63, 3.8) is 0 Å². The van der Waals surface area contributed by atoms with Gasteiger partial charge in [-0.15, -0.1) is 0 Å². The van der Waals surface area contributed by atoms with E-state index in [0.29, 0.717) is 13.1 Å². The summed E-state index contributed by atoms with van der Waals surface area (Å²) in [6, 6.07) is 11.7. The fourth-order valence-corrected chi connectivity index (χ4v) is 5.81. The smallest absolute Gasteiger partial charge is 0.263 e. The second kappa shape index (κ2) is 7.66. The molecule has 1 unspecified atom stereocenters. The van der Waals surface area contributed by atoms with Gasteiger partial charge in [0.1, 0.15) is 5.56 Å². The van der Waals surface area contributed by atoms with Crippen LogP contribution in [0.4, 0.5) is 0 Å². The van der Waals surface area contributed by atoms with Gasteiger partial charge in [-0.3, -0.25) is 14.4 Å². The zero-order valence-electron chi connectivity index (χ0n) is 18.0. The summed E-state index contributed by atoms with van der Waals surface area (Å²) in [5.41, 5.74) is 2.38. The Balaban J connectivity index is 1.37. The third-order valence-electron chi connectivity index (χ3n) is 7.58. The molecule has 1 aromatic carbocycles. The normalized spacial score (nSPS) is 22.0. The van der Waals surface area contributed by atoms with Gasteiger partial charge in [0.25, 0.3) is 11.5 Å². The molecule has 31 heavy (non-hydrogen) atoms. The highest BCUT2D eigenvalue weighted by Crippen LogP contribution is 2.52. The lowest BCUT2D eigenvalue weighted by Gasteiger charge is -2.40. The molecule has 162 valence electrons. The number of hydrogen-bond acceptors (Lipinski definition) is 3. The Labute approximate surface area is 182 Å². The molecule has 2 amide bonds. The average Bonchev–Trinajstić information content (AvgIpc) is 3.43. The van der Waals surface area contributed by atoms with E-state index in [2.05, 4.69) is 18.2 Å². The summed E-state index contributed by atoms with van der Waals surface area (Å²) in [6.07, 6.45) is 6.34. The van der Waals surface area contributed by atoms with Gasteiger partial charge in [0.15, 0.2) is 0 Å². The molecule has 2 saturated heterocycles. The van der Waals surface area contributed by atoms with Crippen molar-refractivity contribution in [2.45, 2.75) is 43.4 Å². The first-order valence-electron chi connectivity index (χ1n) is 11.3. The molecule has 0 saturated carbocycles. The summed E-state index contributed by atoms with van der Waals surface area (Å²) in [5.74, 6) is 0.0121. The number of amides is 2. The Bertz CT molecular complexity index is 1080. The zero-order valence-corrected chi connectivity index (χ0v) is 18.0. The van der Waals surface area contributed by atoms with E-state index >= 15 is 0 Å². The number of likely N-dealkylation sites (tertiary alicyclic amines) is 2. The number of aromatic nitrogens is 1. The van der Waals surface area contributed by atoms with Crippen LogP contribution in [0.3, 0.4) is 0 Å². The van der Waals surface area contributed by atoms with Crippen molar-refractivity contribution in [1.82, 2.24) is 14.4 Å². The highest BCUT2D eigenvalue weighted by atomic mass is 16.2. The number of benzene rings is 1. The van der Waals surface area contributed by atoms with Crippen molar-refractivity contribution in [2.75, 3.05) is 26.2 Å². The van der Waals surface area contributed by atoms with Crippen LogP contribution in [-0.4, -0.2) is 52.4 Å². The SMILES string of the molecule is Cn1cccc(C(=O)N2CCC3(CC2)CC(C(=O)N2CCCC2)c2ccccc23)c1=O. The maximum Gasteiger partial charge on any atom is 0.263 e. The monoisotopic (exact) mass is 419 g/mol. The van der Waals surface area contributed by atoms with Crippen molar-refractivity contribution in [2.24, 2.45) is 7.05 Å². The minimum atomic E-state index is -0.254. The first kappa shape index (κ1) is 20.0. The van der Waals surface area contributed by atoms with Crippen LogP contribution < -0.4 is 5.56 Å². The van der Waals surface area contributed by atoms with E-state index in [1.165, 1.54) is 15.7 Å². The fourth-order valence-electron chi connectivity index (χ4n) is 5.81. The average molecular weight is 420 g/mol. The van der Waals surface area contributed by atoms with Crippen LogP contribution in [0.1, 0.15) is 59.5 Å². The zero-order chi connectivity index (χ0) is 21.6. The predicted molar refractivity (Wildman–Crippen MR) is 118 cm³/mol. The van der Waals surface area contributed by atoms with Crippen molar-refractivity contribution < 1.29 is 9.59 Å². The van der Waals surface area contributed by atoms with Crippen LogP contribution >= 0.6 is 0 Å². The number of hydrogen-bond donors (Lipinski definition) is 0. The summed E-state index contributed by atoms with van der Waals surface area (Å²) in [4.78, 5) is 42.5. The van der Waals surface area contributed by atoms with Gasteiger partial charge in [0.2, 0.25) is 5.91 Å². The Morgan fingerprint density at radius 3 is 2.39 bits per heavy atom. The van der Waals surface area contributed by atoms with E-state index in [0.717, 1.165) is 45.2 Å². The molecule has 0 bridgehead atoms. The van der Waals surface area contributed by atoms with Crippen molar-refractivity contribution in [3.8, 4) is 0 Å². The van der Waals surface area contributed by atoms with Crippen LogP contribution in [0.15, 0.2) is 47.4 Å². The number of piperidine rings is 1. The van der Waals surface area contributed by atoms with Gasteiger partial charge in [-0.25, -0.2) is 0 Å². The molecule has 2 aliphatic heterocycles. The molecule has 0 N–H and O–H groups in total. The lowest BCUT2D eigenvalue weighted by molar-refractivity contribution is -0.132. The first-order chi connectivity index (χ1) is 15.0. The lowest BCUT2D eigenvalue weighted by atomic mass is 9.73. The van der Waals surface area contributed by atoms with Gasteiger partial charge < -0.3 is 14.4 Å². The van der Waals surface area contributed by atoms with E-state index in [1.807, 2.05) is 11.0 Å². The Morgan fingerprint density at radius 2 is 1.65 bits per heavy atom. The van der Waals surface area contributed by atoms with Crippen molar-refractivity contribution in [1.29, 1.82) is 0 Å². The summed E-state index contributed by atoms with van der Waals surface area (Å²) >= 11 is 0. The first-order valence-corrected chi connectivity index (χ1v) is 11.3. The number of carbonyl (C=O) groups excluding carboxylic acids is 2. The number of fused-ring (bicyclic) bond motifs is 2. The van der Waals surface area contributed by atoms with Gasteiger partial charge >= 0.3 is 0 Å². The number of pyridine rings is 1. The van der Waals surface area contributed by atoms with Crippen LogP contribution in [0, 0.1) is 0 Å². The van der Waals surface area contributed by atoms with Crippen LogP contribution in [0.2, 0.25) is 0 Å². The molecule has 3 aliphatic rings. The number of carbonyl (C=O) groups is 2. The Morgan fingerprint density at radius 1 is 0.935 bits per heavy atom. The molecule has 1 atom stereocenters. The molecule has 3 heterocycles. The van der Waals surface area contributed by atoms with Gasteiger partial charge in [-0.1, -0.05) is 24.3 Å². The molecule has 1 aliphatic carbocycles. The van der Waals surface area contributed by atoms with E-state index in [-0.39, 0.29) is 34.3 Å². The standard InChI is InChI=1S/C25H29N3O3/c1-26-12-6-8-19(22(26)29)23(30)28-15-10-25(11-16-28)17-20(18-7-2-3-9-21(18)25)24(31)27-13-4-5-14-27/h2-3,6-9,12,20H,4-5,10-11,13-17H2,1H3. The molecule has 1 aromatic heterocycles. The Hall–Kier alpha value is -2.89. The maximum atomic E-state index is 13.3. The minimum absolute atomic E-state index is 0.0604. The van der Waals surface area contributed by atoms with Crippen LogP contribution in [0.5, 0.6) is 0 Å². The van der Waals surface area contributed by atoms with E-state index in [4.69, 9.17) is 0 Å². The summed E-state index contributed by atoms with van der Waals surface area (Å²) in [5, 5.41) is 0. The largest absolute Gasteiger partial charge is 0.342 e. The quantitative estimate of drug-likeness (QED) is 0.752. The molecule has 6 nitrogen and oxygen atoms in total. The topological polar surface area (TPSA) is 62.6 Å². The summed E-state index contributed by atoms with van der Waals surface area (Å²) < 4.78 is 1.44. The molecule has 2 aromatic rings. The highest BCUT2D eigenvalue weighted by Gasteiger charge is 2.48. The molecule has 5 rings (SSSR count). The molecular weight excluding hydrogens is 390 g/mol. The second-order valence-corrected chi connectivity index (χ2v) is 9.29. The number of rotatable bonds is 2. The maximum absolute atomic E-state index is 13.3. The number of aryl methyl sites for hydroxylation is 1. The summed E-state index contributed by atoms with van der Waals surface area (Å²) in [7, 11) is 1.66. The molecular formula is C25H29N3O3. The molecule has 0 radical (unpaired) electrons. The minimum Gasteiger partial charge on any atom is -0.342 e. The fraction of sp³-hybridized carbons (Fsp3) is 0.480. The lowest BCUT2D eigenvalue weighted by Crippen LogP contribution is -2.46. The van der Waals surface area contributed by atoms with Gasteiger partial charge in [-0.05, 0) is 55.4 Å².